The molecular weight excluding hydrogens is 512 g/mol. The Hall–Kier alpha value is -6.10. The van der Waals surface area contributed by atoms with E-state index in [0.717, 1.165) is 39.1 Å². The molecule has 0 aliphatic rings. The zero-order chi connectivity index (χ0) is 28.2. The quantitative estimate of drug-likeness (QED) is 0.227. The number of nitrogens with zero attached hydrogens (tertiary/aromatic N) is 4. The highest BCUT2D eigenvalue weighted by Crippen LogP contribution is 2.40. The summed E-state index contributed by atoms with van der Waals surface area (Å²) in [6.07, 6.45) is 0. The van der Waals surface area contributed by atoms with Crippen LogP contribution in [0.1, 0.15) is 11.1 Å². The molecule has 0 amide bonds. The van der Waals surface area contributed by atoms with Crippen LogP contribution in [0.3, 0.4) is 0 Å². The molecule has 0 N–H and O–H groups in total. The molecule has 8 rings (SSSR count). The van der Waals surface area contributed by atoms with E-state index in [0.29, 0.717) is 11.1 Å². The van der Waals surface area contributed by atoms with Crippen LogP contribution in [0.25, 0.3) is 66.1 Å². The lowest BCUT2D eigenvalue weighted by atomic mass is 9.98. The average molecular weight is 535 g/mol. The smallest absolute Gasteiger partial charge is 0.0998 e. The molecule has 4 heteroatoms. The Morgan fingerprint density at radius 1 is 0.429 bits per heavy atom. The lowest BCUT2D eigenvalue weighted by Crippen LogP contribution is -1.96. The highest BCUT2D eigenvalue weighted by Gasteiger charge is 2.18. The van der Waals surface area contributed by atoms with Crippen molar-refractivity contribution in [2.24, 2.45) is 0 Å². The SMILES string of the molecule is N#Cc1ccc(-c2cccc(-n3c4ccccc4c4cc5c6ccccc6n(-c6ccccc6)c5cc43)c2)c(C#N)c1. The van der Waals surface area contributed by atoms with Crippen LogP contribution in [0.5, 0.6) is 0 Å². The van der Waals surface area contributed by atoms with E-state index in [1.54, 1.807) is 12.1 Å². The third kappa shape index (κ3) is 3.47. The van der Waals surface area contributed by atoms with Gasteiger partial charge in [0.1, 0.15) is 0 Å². The Morgan fingerprint density at radius 3 is 1.71 bits per heavy atom. The Balaban J connectivity index is 1.45. The van der Waals surface area contributed by atoms with Crippen LogP contribution < -0.4 is 0 Å². The van der Waals surface area contributed by atoms with Gasteiger partial charge in [0.15, 0.2) is 0 Å². The van der Waals surface area contributed by atoms with E-state index in [9.17, 15) is 10.5 Å². The first kappa shape index (κ1) is 23.8. The topological polar surface area (TPSA) is 57.4 Å². The first-order chi connectivity index (χ1) is 20.7. The van der Waals surface area contributed by atoms with Gasteiger partial charge in [0.05, 0.1) is 45.3 Å². The minimum atomic E-state index is 0.478. The Morgan fingerprint density at radius 2 is 1.05 bits per heavy atom. The van der Waals surface area contributed by atoms with Crippen LogP contribution in [-0.2, 0) is 0 Å². The van der Waals surface area contributed by atoms with E-state index in [-0.39, 0.29) is 0 Å². The first-order valence-electron chi connectivity index (χ1n) is 13.8. The highest BCUT2D eigenvalue weighted by atomic mass is 15.0. The van der Waals surface area contributed by atoms with Gasteiger partial charge >= 0.3 is 0 Å². The fourth-order valence-electron chi connectivity index (χ4n) is 6.33. The minimum absolute atomic E-state index is 0.478. The van der Waals surface area contributed by atoms with Gasteiger partial charge in [-0.3, -0.25) is 0 Å². The maximum atomic E-state index is 9.85. The molecule has 6 aromatic carbocycles. The van der Waals surface area contributed by atoms with E-state index in [1.165, 1.54) is 27.1 Å². The van der Waals surface area contributed by atoms with E-state index in [1.807, 2.05) is 24.3 Å². The molecule has 0 radical (unpaired) electrons. The van der Waals surface area contributed by atoms with Crippen molar-refractivity contribution < 1.29 is 0 Å². The first-order valence-corrected chi connectivity index (χ1v) is 13.8. The number of para-hydroxylation sites is 3. The molecule has 2 aromatic heterocycles. The maximum absolute atomic E-state index is 9.85. The number of nitriles is 2. The summed E-state index contributed by atoms with van der Waals surface area (Å²) < 4.78 is 4.66. The minimum Gasteiger partial charge on any atom is -0.309 e. The van der Waals surface area contributed by atoms with Crippen LogP contribution >= 0.6 is 0 Å². The second kappa shape index (κ2) is 9.24. The van der Waals surface area contributed by atoms with Crippen molar-refractivity contribution in [1.29, 1.82) is 10.5 Å². The number of hydrogen-bond acceptors (Lipinski definition) is 2. The molecule has 0 unspecified atom stereocenters. The molecule has 0 aliphatic heterocycles. The summed E-state index contributed by atoms with van der Waals surface area (Å²) in [5, 5.41) is 24.0. The van der Waals surface area contributed by atoms with Crippen LogP contribution in [0.15, 0.2) is 133 Å². The molecule has 0 bridgehead atoms. The van der Waals surface area contributed by atoms with Crippen molar-refractivity contribution >= 4 is 43.6 Å². The van der Waals surface area contributed by atoms with Crippen molar-refractivity contribution in [2.45, 2.75) is 0 Å². The van der Waals surface area contributed by atoms with E-state index >= 15 is 0 Å². The summed E-state index contributed by atoms with van der Waals surface area (Å²) in [7, 11) is 0. The second-order valence-corrected chi connectivity index (χ2v) is 10.5. The van der Waals surface area contributed by atoms with Gasteiger partial charge in [-0.1, -0.05) is 72.8 Å². The number of fused-ring (bicyclic) bond motifs is 6. The standard InChI is InChI=1S/C38H22N4/c39-23-25-17-18-30(27(19-25)24-40)26-9-8-12-29(20-26)42-36-16-7-5-14-32(36)34-21-33-31-13-4-6-15-35(31)41(37(33)22-38(34)42)28-10-2-1-3-11-28/h1-22H. The van der Waals surface area contributed by atoms with Gasteiger partial charge < -0.3 is 9.13 Å². The monoisotopic (exact) mass is 534 g/mol. The number of rotatable bonds is 3. The fourth-order valence-corrected chi connectivity index (χ4v) is 6.33. The van der Waals surface area contributed by atoms with Crippen molar-refractivity contribution in [1.82, 2.24) is 9.13 Å². The summed E-state index contributed by atoms with van der Waals surface area (Å²) in [4.78, 5) is 0. The van der Waals surface area contributed by atoms with Gasteiger partial charge in [0, 0.05) is 32.9 Å². The lowest BCUT2D eigenvalue weighted by Gasteiger charge is -2.12. The van der Waals surface area contributed by atoms with Crippen LogP contribution in [0.4, 0.5) is 0 Å². The molecule has 2 heterocycles. The van der Waals surface area contributed by atoms with E-state index < -0.39 is 0 Å². The van der Waals surface area contributed by atoms with Gasteiger partial charge in [0.2, 0.25) is 0 Å². The number of aromatic nitrogens is 2. The molecular formula is C38H22N4. The molecule has 8 aromatic rings. The van der Waals surface area contributed by atoms with Gasteiger partial charge in [-0.05, 0) is 71.8 Å². The summed E-state index contributed by atoms with van der Waals surface area (Å²) in [5.74, 6) is 0. The fraction of sp³-hybridized carbons (Fsp3) is 0. The summed E-state index contributed by atoms with van der Waals surface area (Å²) in [6, 6.07) is 50.3. The Bertz CT molecular complexity index is 2430. The van der Waals surface area contributed by atoms with Crippen LogP contribution in [0.2, 0.25) is 0 Å². The molecule has 194 valence electrons. The zero-order valence-electron chi connectivity index (χ0n) is 22.5. The van der Waals surface area contributed by atoms with Crippen molar-refractivity contribution in [2.75, 3.05) is 0 Å². The van der Waals surface area contributed by atoms with E-state index in [2.05, 4.69) is 118 Å². The molecule has 0 atom stereocenters. The van der Waals surface area contributed by atoms with Gasteiger partial charge in [-0.25, -0.2) is 0 Å². The average Bonchev–Trinajstić information content (AvgIpc) is 3.56. The molecule has 42 heavy (non-hydrogen) atoms. The highest BCUT2D eigenvalue weighted by molar-refractivity contribution is 6.19. The predicted octanol–water partition coefficient (Wildman–Crippen LogP) is 9.29. The molecule has 4 nitrogen and oxygen atoms in total. The van der Waals surface area contributed by atoms with Gasteiger partial charge in [0.25, 0.3) is 0 Å². The largest absolute Gasteiger partial charge is 0.309 e. The molecule has 0 saturated carbocycles. The number of benzene rings is 6. The third-order valence-electron chi connectivity index (χ3n) is 8.16. The molecule has 0 spiro atoms. The van der Waals surface area contributed by atoms with Crippen LogP contribution in [-0.4, -0.2) is 9.13 Å². The Kier molecular flexibility index (Phi) is 5.22. The molecule has 0 aliphatic carbocycles. The maximum Gasteiger partial charge on any atom is 0.0998 e. The van der Waals surface area contributed by atoms with Crippen molar-refractivity contribution in [3.8, 4) is 34.6 Å². The normalized spacial score (nSPS) is 11.3. The molecule has 0 fully saturated rings. The second-order valence-electron chi connectivity index (χ2n) is 10.5. The predicted molar refractivity (Wildman–Crippen MR) is 170 cm³/mol. The summed E-state index contributed by atoms with van der Waals surface area (Å²) in [5.41, 5.74) is 9.39. The zero-order valence-corrected chi connectivity index (χ0v) is 22.5. The number of hydrogen-bond donors (Lipinski definition) is 0. The molecule has 0 saturated heterocycles. The van der Waals surface area contributed by atoms with Gasteiger partial charge in [-0.15, -0.1) is 0 Å². The third-order valence-corrected chi connectivity index (χ3v) is 8.16. The van der Waals surface area contributed by atoms with E-state index in [4.69, 9.17) is 0 Å². The van der Waals surface area contributed by atoms with Crippen molar-refractivity contribution in [3.05, 3.63) is 145 Å². The van der Waals surface area contributed by atoms with Crippen molar-refractivity contribution in [3.63, 3.8) is 0 Å². The summed E-state index contributed by atoms with van der Waals surface area (Å²) >= 11 is 0. The van der Waals surface area contributed by atoms with Crippen LogP contribution in [0, 0.1) is 22.7 Å². The lowest BCUT2D eigenvalue weighted by molar-refractivity contribution is 1.16. The Labute approximate surface area is 242 Å². The van der Waals surface area contributed by atoms with Gasteiger partial charge in [-0.2, -0.15) is 10.5 Å². The summed E-state index contributed by atoms with van der Waals surface area (Å²) in [6.45, 7) is 0.